The maximum atomic E-state index is 5.82. The summed E-state index contributed by atoms with van der Waals surface area (Å²) in [4.78, 5) is 7.36. The van der Waals surface area contributed by atoms with Gasteiger partial charge in [0.25, 0.3) is 0 Å². The molecule has 1 N–H and O–H groups in total. The van der Waals surface area contributed by atoms with Crippen molar-refractivity contribution in [2.45, 2.75) is 71.5 Å². The Bertz CT molecular complexity index is 890. The Kier molecular flexibility index (Phi) is 8.57. The Hall–Kier alpha value is -1.84. The normalized spacial score (nSPS) is 16.7. The third-order valence-electron chi connectivity index (χ3n) is 6.20. The molecule has 170 valence electrons. The smallest absolute Gasteiger partial charge is 0.194 e. The fraction of sp³-hybridized carbons (Fsp3) is 0.609. The highest BCUT2D eigenvalue weighted by atomic mass is 127. The zero-order valence-electron chi connectivity index (χ0n) is 18.9. The van der Waals surface area contributed by atoms with Crippen molar-refractivity contribution < 1.29 is 4.74 Å². The predicted octanol–water partition coefficient (Wildman–Crippen LogP) is 3.98. The molecule has 2 heterocycles. The van der Waals surface area contributed by atoms with E-state index < -0.39 is 0 Å². The Morgan fingerprint density at radius 3 is 2.74 bits per heavy atom. The van der Waals surface area contributed by atoms with E-state index in [1.807, 2.05) is 18.5 Å². The van der Waals surface area contributed by atoms with Crippen LogP contribution in [0.3, 0.4) is 0 Å². The second kappa shape index (κ2) is 11.2. The largest absolute Gasteiger partial charge is 0.494 e. The number of aromatic nitrogens is 3. The van der Waals surface area contributed by atoms with Crippen LogP contribution in [0.25, 0.3) is 0 Å². The van der Waals surface area contributed by atoms with Gasteiger partial charge in [-0.25, -0.2) is 4.99 Å². The fourth-order valence-electron chi connectivity index (χ4n) is 4.24. The number of aryl methyl sites for hydroxylation is 1. The summed E-state index contributed by atoms with van der Waals surface area (Å²) in [6, 6.07) is 7.05. The highest BCUT2D eigenvalue weighted by molar-refractivity contribution is 14.0. The van der Waals surface area contributed by atoms with E-state index in [1.54, 1.807) is 0 Å². The lowest BCUT2D eigenvalue weighted by Gasteiger charge is -2.33. The van der Waals surface area contributed by atoms with E-state index in [0.29, 0.717) is 12.6 Å². The summed E-state index contributed by atoms with van der Waals surface area (Å²) in [5, 5.41) is 12.2. The van der Waals surface area contributed by atoms with Gasteiger partial charge < -0.3 is 19.5 Å². The number of nitrogens with zero attached hydrogens (tertiary/aromatic N) is 5. The van der Waals surface area contributed by atoms with E-state index in [2.05, 4.69) is 45.5 Å². The lowest BCUT2D eigenvalue weighted by Crippen LogP contribution is -2.47. The van der Waals surface area contributed by atoms with Gasteiger partial charge in [-0.3, -0.25) is 0 Å². The minimum Gasteiger partial charge on any atom is -0.494 e. The topological polar surface area (TPSA) is 67.6 Å². The van der Waals surface area contributed by atoms with Crippen molar-refractivity contribution in [3.63, 3.8) is 0 Å². The molecule has 1 aromatic carbocycles. The molecule has 7 nitrogen and oxygen atoms in total. The third kappa shape index (κ3) is 5.90. The first kappa shape index (κ1) is 23.8. The molecule has 2 aliphatic rings. The fourth-order valence-corrected chi connectivity index (χ4v) is 4.24. The van der Waals surface area contributed by atoms with Gasteiger partial charge in [-0.05, 0) is 55.9 Å². The number of aliphatic imine (C=N–C) groups is 1. The van der Waals surface area contributed by atoms with Crippen LogP contribution in [0.5, 0.6) is 5.75 Å². The van der Waals surface area contributed by atoms with Crippen molar-refractivity contribution in [2.24, 2.45) is 12.0 Å². The van der Waals surface area contributed by atoms with Crippen LogP contribution in [-0.4, -0.2) is 44.8 Å². The molecule has 2 aromatic rings. The first-order chi connectivity index (χ1) is 14.6. The van der Waals surface area contributed by atoms with Gasteiger partial charge in [-0.15, -0.1) is 34.2 Å². The van der Waals surface area contributed by atoms with Crippen LogP contribution in [0, 0.1) is 6.92 Å². The summed E-state index contributed by atoms with van der Waals surface area (Å²) in [5.41, 5.74) is 2.75. The van der Waals surface area contributed by atoms with E-state index in [4.69, 9.17) is 9.73 Å². The summed E-state index contributed by atoms with van der Waals surface area (Å²) in [6.45, 7) is 7.25. The predicted molar refractivity (Wildman–Crippen MR) is 134 cm³/mol. The molecule has 31 heavy (non-hydrogen) atoms. The minimum atomic E-state index is 0. The average Bonchev–Trinajstić information content (AvgIpc) is 3.39. The molecule has 0 unspecified atom stereocenters. The number of halogens is 1. The van der Waals surface area contributed by atoms with Crippen molar-refractivity contribution in [3.05, 3.63) is 41.0 Å². The number of ether oxygens (including phenoxy) is 1. The molecule has 0 saturated heterocycles. The molecule has 8 heteroatoms. The Morgan fingerprint density at radius 1 is 1.23 bits per heavy atom. The average molecular weight is 538 g/mol. The highest BCUT2D eigenvalue weighted by Gasteiger charge is 2.23. The summed E-state index contributed by atoms with van der Waals surface area (Å²) in [5.74, 6) is 3.80. The zero-order chi connectivity index (χ0) is 20.9. The molecule has 1 fully saturated rings. The summed E-state index contributed by atoms with van der Waals surface area (Å²) in [6.07, 6.45) is 7.10. The van der Waals surface area contributed by atoms with Crippen molar-refractivity contribution in [2.75, 3.05) is 13.2 Å². The lowest BCUT2D eigenvalue weighted by molar-refractivity contribution is 0.315. The van der Waals surface area contributed by atoms with Crippen molar-refractivity contribution in [1.82, 2.24) is 25.0 Å². The van der Waals surface area contributed by atoms with E-state index in [9.17, 15) is 0 Å². The van der Waals surface area contributed by atoms with Crippen molar-refractivity contribution in [3.8, 4) is 5.75 Å². The van der Waals surface area contributed by atoms with Gasteiger partial charge in [-0.2, -0.15) is 0 Å². The molecule has 4 rings (SSSR count). The van der Waals surface area contributed by atoms with Crippen LogP contribution in [0.2, 0.25) is 0 Å². The number of hydrogen-bond donors (Lipinski definition) is 1. The molecule has 0 radical (unpaired) electrons. The summed E-state index contributed by atoms with van der Waals surface area (Å²) in [7, 11) is 2.00. The number of nitrogens with one attached hydrogen (secondary N) is 1. The van der Waals surface area contributed by atoms with E-state index in [1.165, 1.54) is 36.8 Å². The quantitative estimate of drug-likeness (QED) is 0.343. The van der Waals surface area contributed by atoms with Crippen LogP contribution in [0.1, 0.15) is 61.8 Å². The molecule has 1 aromatic heterocycles. The lowest BCUT2D eigenvalue weighted by atomic mass is 9.99. The van der Waals surface area contributed by atoms with E-state index in [-0.39, 0.29) is 24.0 Å². The second-order valence-corrected chi connectivity index (χ2v) is 8.44. The van der Waals surface area contributed by atoms with Gasteiger partial charge in [-0.1, -0.05) is 25.8 Å². The SMILES string of the molecule is CCCOc1ccc2c(c1)CCN(C(=NCc1nnc(C)n1C)NC1CCCC1)C2.I. The molecule has 1 aliphatic carbocycles. The molecule has 0 atom stereocenters. The highest BCUT2D eigenvalue weighted by Crippen LogP contribution is 2.25. The van der Waals surface area contributed by atoms with Crippen LogP contribution >= 0.6 is 24.0 Å². The van der Waals surface area contributed by atoms with Gasteiger partial charge in [0.15, 0.2) is 11.8 Å². The van der Waals surface area contributed by atoms with E-state index in [0.717, 1.165) is 55.9 Å². The standard InChI is InChI=1S/C23H34N6O.HI/c1-4-13-30-21-10-9-19-16-29(12-11-18(19)14-21)23(25-20-7-5-6-8-20)24-15-22-27-26-17(2)28(22)3;/h9-10,14,20H,4-8,11-13,15-16H2,1-3H3,(H,24,25);1H. The van der Waals surface area contributed by atoms with Crippen LogP contribution < -0.4 is 10.1 Å². The molecule has 0 bridgehead atoms. The minimum absolute atomic E-state index is 0. The maximum absolute atomic E-state index is 5.82. The first-order valence-corrected chi connectivity index (χ1v) is 11.3. The van der Waals surface area contributed by atoms with Crippen LogP contribution in [0.4, 0.5) is 0 Å². The molecule has 0 amide bonds. The number of fused-ring (bicyclic) bond motifs is 1. The van der Waals surface area contributed by atoms with E-state index >= 15 is 0 Å². The number of rotatable bonds is 6. The summed E-state index contributed by atoms with van der Waals surface area (Å²) >= 11 is 0. The molecule has 1 saturated carbocycles. The van der Waals surface area contributed by atoms with Gasteiger partial charge in [0.1, 0.15) is 18.1 Å². The van der Waals surface area contributed by atoms with Gasteiger partial charge in [0.2, 0.25) is 0 Å². The van der Waals surface area contributed by atoms with Gasteiger partial charge in [0.05, 0.1) is 6.61 Å². The molecular formula is C23H35IN6O. The monoisotopic (exact) mass is 538 g/mol. The van der Waals surface area contributed by atoms with Gasteiger partial charge >= 0.3 is 0 Å². The molecule has 0 spiro atoms. The maximum Gasteiger partial charge on any atom is 0.194 e. The zero-order valence-corrected chi connectivity index (χ0v) is 21.3. The molecule has 1 aliphatic heterocycles. The Balaban J connectivity index is 0.00000272. The van der Waals surface area contributed by atoms with Crippen LogP contribution in [-0.2, 0) is 26.6 Å². The van der Waals surface area contributed by atoms with Gasteiger partial charge in [0, 0.05) is 26.2 Å². The Labute approximate surface area is 202 Å². The van der Waals surface area contributed by atoms with Crippen molar-refractivity contribution in [1.29, 1.82) is 0 Å². The third-order valence-corrected chi connectivity index (χ3v) is 6.20. The number of guanidine groups is 1. The number of benzene rings is 1. The Morgan fingerprint density at radius 2 is 2.03 bits per heavy atom. The number of hydrogen-bond acceptors (Lipinski definition) is 4. The summed E-state index contributed by atoms with van der Waals surface area (Å²) < 4.78 is 7.83. The first-order valence-electron chi connectivity index (χ1n) is 11.3. The van der Waals surface area contributed by atoms with Crippen molar-refractivity contribution >= 4 is 29.9 Å². The van der Waals surface area contributed by atoms with Crippen LogP contribution in [0.15, 0.2) is 23.2 Å². The molecular weight excluding hydrogens is 503 g/mol. The second-order valence-electron chi connectivity index (χ2n) is 8.44.